The van der Waals surface area contributed by atoms with E-state index in [-0.39, 0.29) is 12.6 Å². The second-order valence-corrected chi connectivity index (χ2v) is 4.57. The molecule has 5 nitrogen and oxygen atoms in total. The van der Waals surface area contributed by atoms with Gasteiger partial charge < -0.3 is 15.2 Å². The SMILES string of the molecule is COC(=O)c1ccnc(NC(CO)CC(C)C)c1. The lowest BCUT2D eigenvalue weighted by atomic mass is 10.0. The molecule has 0 amide bonds. The third kappa shape index (κ3) is 4.33. The van der Waals surface area contributed by atoms with Gasteiger partial charge in [-0.3, -0.25) is 0 Å². The van der Waals surface area contributed by atoms with E-state index in [1.54, 1.807) is 18.3 Å². The molecule has 0 aliphatic heterocycles. The van der Waals surface area contributed by atoms with Crippen molar-refractivity contribution in [3.05, 3.63) is 23.9 Å². The number of carbonyl (C=O) groups excluding carboxylic acids is 1. The molecule has 0 saturated carbocycles. The monoisotopic (exact) mass is 252 g/mol. The molecule has 1 atom stereocenters. The largest absolute Gasteiger partial charge is 0.465 e. The smallest absolute Gasteiger partial charge is 0.338 e. The van der Waals surface area contributed by atoms with E-state index in [0.29, 0.717) is 17.3 Å². The van der Waals surface area contributed by atoms with Crippen LogP contribution >= 0.6 is 0 Å². The van der Waals surface area contributed by atoms with Gasteiger partial charge in [0.1, 0.15) is 5.82 Å². The first-order valence-electron chi connectivity index (χ1n) is 5.98. The summed E-state index contributed by atoms with van der Waals surface area (Å²) in [7, 11) is 1.34. The normalized spacial score (nSPS) is 12.3. The maximum Gasteiger partial charge on any atom is 0.338 e. The second-order valence-electron chi connectivity index (χ2n) is 4.57. The van der Waals surface area contributed by atoms with Crippen LogP contribution in [0.1, 0.15) is 30.6 Å². The number of anilines is 1. The highest BCUT2D eigenvalue weighted by Crippen LogP contribution is 2.13. The highest BCUT2D eigenvalue weighted by Gasteiger charge is 2.12. The summed E-state index contributed by atoms with van der Waals surface area (Å²) in [4.78, 5) is 15.5. The Morgan fingerprint density at radius 3 is 2.83 bits per heavy atom. The number of hydrogen-bond donors (Lipinski definition) is 2. The van der Waals surface area contributed by atoms with Gasteiger partial charge in [-0.15, -0.1) is 0 Å². The Labute approximate surface area is 107 Å². The van der Waals surface area contributed by atoms with Crippen molar-refractivity contribution in [1.82, 2.24) is 4.98 Å². The number of nitrogens with one attached hydrogen (secondary N) is 1. The average Bonchev–Trinajstić information content (AvgIpc) is 2.36. The summed E-state index contributed by atoms with van der Waals surface area (Å²) >= 11 is 0. The summed E-state index contributed by atoms with van der Waals surface area (Å²) in [5, 5.41) is 12.4. The summed E-state index contributed by atoms with van der Waals surface area (Å²) in [5.74, 6) is 0.640. The van der Waals surface area contributed by atoms with Crippen LogP contribution in [0.4, 0.5) is 5.82 Å². The Bertz CT molecular complexity index is 394. The van der Waals surface area contributed by atoms with Gasteiger partial charge >= 0.3 is 5.97 Å². The van der Waals surface area contributed by atoms with Crippen molar-refractivity contribution in [2.75, 3.05) is 19.0 Å². The van der Waals surface area contributed by atoms with Crippen molar-refractivity contribution in [1.29, 1.82) is 0 Å². The van der Waals surface area contributed by atoms with Crippen LogP contribution in [-0.2, 0) is 4.74 Å². The number of aliphatic hydroxyl groups excluding tert-OH is 1. The highest BCUT2D eigenvalue weighted by atomic mass is 16.5. The van der Waals surface area contributed by atoms with Crippen LogP contribution in [0.15, 0.2) is 18.3 Å². The Kier molecular flexibility index (Phi) is 5.58. The fraction of sp³-hybridized carbons (Fsp3) is 0.538. The van der Waals surface area contributed by atoms with Crippen molar-refractivity contribution in [3.8, 4) is 0 Å². The number of aromatic nitrogens is 1. The van der Waals surface area contributed by atoms with Crippen molar-refractivity contribution >= 4 is 11.8 Å². The third-order valence-corrected chi connectivity index (χ3v) is 2.51. The van der Waals surface area contributed by atoms with E-state index in [4.69, 9.17) is 0 Å². The van der Waals surface area contributed by atoms with Gasteiger partial charge in [0, 0.05) is 6.20 Å². The van der Waals surface area contributed by atoms with E-state index in [0.717, 1.165) is 6.42 Å². The lowest BCUT2D eigenvalue weighted by Gasteiger charge is -2.18. The first-order chi connectivity index (χ1) is 8.56. The lowest BCUT2D eigenvalue weighted by Crippen LogP contribution is -2.26. The minimum Gasteiger partial charge on any atom is -0.465 e. The predicted octanol–water partition coefficient (Wildman–Crippen LogP) is 1.69. The van der Waals surface area contributed by atoms with Gasteiger partial charge in [-0.1, -0.05) is 13.8 Å². The Morgan fingerprint density at radius 1 is 1.56 bits per heavy atom. The zero-order chi connectivity index (χ0) is 13.5. The Morgan fingerprint density at radius 2 is 2.28 bits per heavy atom. The summed E-state index contributed by atoms with van der Waals surface area (Å²) in [6.45, 7) is 4.20. The molecule has 0 spiro atoms. The second kappa shape index (κ2) is 6.96. The maximum absolute atomic E-state index is 11.4. The van der Waals surface area contributed by atoms with Crippen LogP contribution in [-0.4, -0.2) is 35.8 Å². The highest BCUT2D eigenvalue weighted by molar-refractivity contribution is 5.89. The molecule has 0 fully saturated rings. The molecule has 0 radical (unpaired) electrons. The summed E-state index contributed by atoms with van der Waals surface area (Å²) < 4.78 is 4.64. The number of ether oxygens (including phenoxy) is 1. The first-order valence-corrected chi connectivity index (χ1v) is 5.98. The van der Waals surface area contributed by atoms with Crippen molar-refractivity contribution in [2.24, 2.45) is 5.92 Å². The van der Waals surface area contributed by atoms with Crippen LogP contribution in [0.5, 0.6) is 0 Å². The van der Waals surface area contributed by atoms with Crippen LogP contribution < -0.4 is 5.32 Å². The molecule has 1 unspecified atom stereocenters. The minimum atomic E-state index is -0.398. The molecular formula is C13H20N2O3. The zero-order valence-corrected chi connectivity index (χ0v) is 11.0. The van der Waals surface area contributed by atoms with Crippen molar-refractivity contribution in [2.45, 2.75) is 26.3 Å². The zero-order valence-electron chi connectivity index (χ0n) is 11.0. The van der Waals surface area contributed by atoms with Crippen molar-refractivity contribution in [3.63, 3.8) is 0 Å². The molecule has 1 heterocycles. The number of aliphatic hydroxyl groups is 1. The minimum absolute atomic E-state index is 0.0301. The van der Waals surface area contributed by atoms with E-state index in [9.17, 15) is 9.90 Å². The van der Waals surface area contributed by atoms with Gasteiger partial charge in [0.15, 0.2) is 0 Å². The van der Waals surface area contributed by atoms with E-state index in [1.807, 2.05) is 0 Å². The van der Waals surface area contributed by atoms with Gasteiger partial charge in [0.05, 0.1) is 25.3 Å². The van der Waals surface area contributed by atoms with Gasteiger partial charge in [-0.25, -0.2) is 9.78 Å². The third-order valence-electron chi connectivity index (χ3n) is 2.51. The van der Waals surface area contributed by atoms with Crippen LogP contribution in [0, 0.1) is 5.92 Å². The molecule has 1 aromatic heterocycles. The number of hydrogen-bond acceptors (Lipinski definition) is 5. The lowest BCUT2D eigenvalue weighted by molar-refractivity contribution is 0.0600. The molecule has 1 aromatic rings. The van der Waals surface area contributed by atoms with Crippen LogP contribution in [0.2, 0.25) is 0 Å². The molecule has 18 heavy (non-hydrogen) atoms. The number of carbonyl (C=O) groups is 1. The fourth-order valence-electron chi connectivity index (χ4n) is 1.71. The molecule has 0 aliphatic carbocycles. The molecular weight excluding hydrogens is 232 g/mol. The van der Waals surface area contributed by atoms with Crippen LogP contribution in [0.3, 0.4) is 0 Å². The molecule has 2 N–H and O–H groups in total. The van der Waals surface area contributed by atoms with Crippen LogP contribution in [0.25, 0.3) is 0 Å². The van der Waals surface area contributed by atoms with E-state index in [2.05, 4.69) is 28.9 Å². The molecule has 0 aliphatic rings. The summed E-state index contributed by atoms with van der Waals surface area (Å²) in [6.07, 6.45) is 2.37. The quantitative estimate of drug-likeness (QED) is 0.754. The molecule has 5 heteroatoms. The topological polar surface area (TPSA) is 71.5 Å². The Balaban J connectivity index is 2.74. The fourth-order valence-corrected chi connectivity index (χ4v) is 1.71. The number of methoxy groups -OCH3 is 1. The molecule has 0 saturated heterocycles. The molecule has 100 valence electrons. The molecule has 1 rings (SSSR count). The first kappa shape index (κ1) is 14.4. The van der Waals surface area contributed by atoms with Gasteiger partial charge in [0.25, 0.3) is 0 Å². The average molecular weight is 252 g/mol. The van der Waals surface area contributed by atoms with Gasteiger partial charge in [-0.2, -0.15) is 0 Å². The Hall–Kier alpha value is -1.62. The standard InChI is InChI=1S/C13H20N2O3/c1-9(2)6-11(8-16)15-12-7-10(4-5-14-12)13(17)18-3/h4-5,7,9,11,16H,6,8H2,1-3H3,(H,14,15). The van der Waals surface area contributed by atoms with Crippen molar-refractivity contribution < 1.29 is 14.6 Å². The van der Waals surface area contributed by atoms with E-state index >= 15 is 0 Å². The van der Waals surface area contributed by atoms with E-state index in [1.165, 1.54) is 7.11 Å². The summed E-state index contributed by atoms with van der Waals surface area (Å²) in [6, 6.07) is 3.15. The summed E-state index contributed by atoms with van der Waals surface area (Å²) in [5.41, 5.74) is 0.441. The number of nitrogens with zero attached hydrogens (tertiary/aromatic N) is 1. The number of rotatable bonds is 6. The van der Waals surface area contributed by atoms with E-state index < -0.39 is 5.97 Å². The van der Waals surface area contributed by atoms with Gasteiger partial charge in [0.2, 0.25) is 0 Å². The number of pyridine rings is 1. The predicted molar refractivity (Wildman–Crippen MR) is 69.5 cm³/mol. The molecule has 0 bridgehead atoms. The number of esters is 1. The molecule has 0 aromatic carbocycles. The maximum atomic E-state index is 11.4. The van der Waals surface area contributed by atoms with Gasteiger partial charge in [-0.05, 0) is 24.5 Å².